The molecule has 39 heavy (non-hydrogen) atoms. The monoisotopic (exact) mass is 535 g/mol. The van der Waals surface area contributed by atoms with Crippen molar-refractivity contribution in [1.82, 2.24) is 10.2 Å². The Morgan fingerprint density at radius 1 is 1.10 bits per heavy atom. The van der Waals surface area contributed by atoms with E-state index >= 15 is 0 Å². The number of nitrogens with one attached hydrogen (secondary N) is 2. The SMILES string of the molecule is Cc1ccc(NC(=O)C(C(C)c2ccccc2)N2C(=O)NC(c3ccc(OCC(O)CO)cc3)C2=O)c(F)c1. The molecule has 9 nitrogen and oxygen atoms in total. The van der Waals surface area contributed by atoms with Crippen molar-refractivity contribution in [2.45, 2.75) is 38.0 Å². The number of carbonyl (C=O) groups is 3. The number of imide groups is 1. The van der Waals surface area contributed by atoms with Crippen LogP contribution in [0.1, 0.15) is 35.6 Å². The summed E-state index contributed by atoms with van der Waals surface area (Å²) < 4.78 is 19.9. The van der Waals surface area contributed by atoms with Crippen LogP contribution in [0.5, 0.6) is 5.75 Å². The molecule has 0 aromatic heterocycles. The number of aryl methyl sites for hydroxylation is 1. The Morgan fingerprint density at radius 3 is 2.44 bits per heavy atom. The second-order valence-corrected chi connectivity index (χ2v) is 9.42. The van der Waals surface area contributed by atoms with Gasteiger partial charge < -0.3 is 25.6 Å². The molecule has 1 fully saturated rings. The summed E-state index contributed by atoms with van der Waals surface area (Å²) in [6, 6.07) is 16.6. The van der Waals surface area contributed by atoms with Crippen molar-refractivity contribution in [1.29, 1.82) is 0 Å². The Labute approximate surface area is 225 Å². The van der Waals surface area contributed by atoms with Crippen molar-refractivity contribution in [2.75, 3.05) is 18.5 Å². The highest BCUT2D eigenvalue weighted by atomic mass is 19.1. The molecule has 4 unspecified atom stereocenters. The van der Waals surface area contributed by atoms with E-state index in [1.807, 2.05) is 6.07 Å². The predicted octanol–water partition coefficient (Wildman–Crippen LogP) is 3.27. The van der Waals surface area contributed by atoms with E-state index < -0.39 is 54.4 Å². The van der Waals surface area contributed by atoms with E-state index in [2.05, 4.69) is 10.6 Å². The van der Waals surface area contributed by atoms with Gasteiger partial charge in [-0.2, -0.15) is 0 Å². The first-order chi connectivity index (χ1) is 18.7. The molecule has 3 aromatic carbocycles. The fourth-order valence-corrected chi connectivity index (χ4v) is 4.42. The van der Waals surface area contributed by atoms with Gasteiger partial charge in [0.05, 0.1) is 12.3 Å². The zero-order chi connectivity index (χ0) is 28.1. The van der Waals surface area contributed by atoms with E-state index in [-0.39, 0.29) is 12.3 Å². The molecule has 4 rings (SSSR count). The lowest BCUT2D eigenvalue weighted by molar-refractivity contribution is -0.134. The molecule has 1 aliphatic heterocycles. The molecule has 0 saturated carbocycles. The molecule has 4 atom stereocenters. The van der Waals surface area contributed by atoms with Crippen LogP contribution in [-0.4, -0.2) is 58.3 Å². The number of ether oxygens (including phenoxy) is 1. The molecule has 1 heterocycles. The Hall–Kier alpha value is -4.28. The summed E-state index contributed by atoms with van der Waals surface area (Å²) in [5.41, 5.74) is 1.80. The van der Waals surface area contributed by atoms with E-state index in [0.29, 0.717) is 16.9 Å². The van der Waals surface area contributed by atoms with E-state index in [9.17, 15) is 23.9 Å². The third-order valence-corrected chi connectivity index (χ3v) is 6.57. The molecule has 1 saturated heterocycles. The largest absolute Gasteiger partial charge is 0.491 e. The van der Waals surface area contributed by atoms with Crippen LogP contribution in [0.15, 0.2) is 72.8 Å². The number of urea groups is 1. The number of aliphatic hydroxyl groups is 2. The first-order valence-corrected chi connectivity index (χ1v) is 12.5. The highest BCUT2D eigenvalue weighted by Gasteiger charge is 2.47. The summed E-state index contributed by atoms with van der Waals surface area (Å²) in [6.45, 7) is 2.90. The Kier molecular flexibility index (Phi) is 8.58. The van der Waals surface area contributed by atoms with E-state index in [0.717, 1.165) is 10.5 Å². The van der Waals surface area contributed by atoms with Crippen LogP contribution < -0.4 is 15.4 Å². The zero-order valence-electron chi connectivity index (χ0n) is 21.5. The lowest BCUT2D eigenvalue weighted by Crippen LogP contribution is -2.50. The maximum absolute atomic E-state index is 14.6. The smallest absolute Gasteiger partial charge is 0.325 e. The average Bonchev–Trinajstić information content (AvgIpc) is 3.23. The van der Waals surface area contributed by atoms with Gasteiger partial charge in [0.2, 0.25) is 5.91 Å². The fourth-order valence-electron chi connectivity index (χ4n) is 4.42. The molecule has 3 aromatic rings. The summed E-state index contributed by atoms with van der Waals surface area (Å²) in [7, 11) is 0. The number of anilines is 1. The minimum absolute atomic E-state index is 0.0543. The van der Waals surface area contributed by atoms with Gasteiger partial charge in [-0.1, -0.05) is 55.5 Å². The number of hydrogen-bond acceptors (Lipinski definition) is 6. The summed E-state index contributed by atoms with van der Waals surface area (Å²) in [6.07, 6.45) is -1.03. The third kappa shape index (κ3) is 6.24. The van der Waals surface area contributed by atoms with Crippen molar-refractivity contribution in [3.05, 3.63) is 95.3 Å². The van der Waals surface area contributed by atoms with Crippen LogP contribution in [-0.2, 0) is 9.59 Å². The quantitative estimate of drug-likeness (QED) is 0.295. The molecule has 4 N–H and O–H groups in total. The number of benzene rings is 3. The molecule has 0 bridgehead atoms. The molecule has 0 radical (unpaired) electrons. The van der Waals surface area contributed by atoms with Crippen LogP contribution >= 0.6 is 0 Å². The normalized spacial score (nSPS) is 17.4. The van der Waals surface area contributed by atoms with Gasteiger partial charge in [0.1, 0.15) is 36.4 Å². The maximum Gasteiger partial charge on any atom is 0.325 e. The molecule has 0 aliphatic carbocycles. The van der Waals surface area contributed by atoms with Crippen LogP contribution in [0, 0.1) is 12.7 Å². The first-order valence-electron chi connectivity index (χ1n) is 12.5. The van der Waals surface area contributed by atoms with E-state index in [1.54, 1.807) is 68.4 Å². The zero-order valence-corrected chi connectivity index (χ0v) is 21.5. The molecule has 4 amide bonds. The molecule has 1 aliphatic rings. The van der Waals surface area contributed by atoms with Gasteiger partial charge in [-0.05, 0) is 47.9 Å². The van der Waals surface area contributed by atoms with E-state index in [4.69, 9.17) is 9.84 Å². The number of amides is 4. The number of aliphatic hydroxyl groups excluding tert-OH is 2. The van der Waals surface area contributed by atoms with Crippen molar-refractivity contribution >= 4 is 23.5 Å². The third-order valence-electron chi connectivity index (χ3n) is 6.57. The number of hydrogen-bond donors (Lipinski definition) is 4. The average molecular weight is 536 g/mol. The standard InChI is InChI=1S/C29H30FN3O6/c1-17-8-13-24(23(30)14-17)31-27(36)26(18(2)19-6-4-3-5-7-19)33-28(37)25(32-29(33)38)20-9-11-22(12-10-20)39-16-21(35)15-34/h3-14,18,21,25-26,34-35H,15-16H2,1-2H3,(H,31,36)(H,32,38). The number of carbonyl (C=O) groups excluding carboxylic acids is 3. The maximum atomic E-state index is 14.6. The van der Waals surface area contributed by atoms with Crippen LogP contribution in [0.3, 0.4) is 0 Å². The van der Waals surface area contributed by atoms with Gasteiger partial charge in [-0.3, -0.25) is 9.59 Å². The predicted molar refractivity (Wildman–Crippen MR) is 142 cm³/mol. The summed E-state index contributed by atoms with van der Waals surface area (Å²) >= 11 is 0. The van der Waals surface area contributed by atoms with E-state index in [1.165, 1.54) is 12.1 Å². The van der Waals surface area contributed by atoms with Crippen molar-refractivity contribution < 1.29 is 33.7 Å². The Balaban J connectivity index is 1.60. The highest BCUT2D eigenvalue weighted by Crippen LogP contribution is 2.32. The van der Waals surface area contributed by atoms with Crippen LogP contribution in [0.2, 0.25) is 0 Å². The second-order valence-electron chi connectivity index (χ2n) is 9.42. The van der Waals surface area contributed by atoms with Gasteiger partial charge in [0, 0.05) is 5.92 Å². The van der Waals surface area contributed by atoms with Crippen LogP contribution in [0.25, 0.3) is 0 Å². The fraction of sp³-hybridized carbons (Fsp3) is 0.276. The topological polar surface area (TPSA) is 128 Å². The van der Waals surface area contributed by atoms with Gasteiger partial charge in [0.15, 0.2) is 0 Å². The molecular weight excluding hydrogens is 505 g/mol. The lowest BCUT2D eigenvalue weighted by Gasteiger charge is -2.30. The summed E-state index contributed by atoms with van der Waals surface area (Å²) in [5.74, 6) is -2.17. The minimum Gasteiger partial charge on any atom is -0.491 e. The lowest BCUT2D eigenvalue weighted by atomic mass is 9.91. The summed E-state index contributed by atoms with van der Waals surface area (Å²) in [4.78, 5) is 41.2. The van der Waals surface area contributed by atoms with Gasteiger partial charge in [0.25, 0.3) is 5.91 Å². The second kappa shape index (κ2) is 12.1. The van der Waals surface area contributed by atoms with Crippen molar-refractivity contribution in [2.24, 2.45) is 0 Å². The van der Waals surface area contributed by atoms with Crippen molar-refractivity contribution in [3.8, 4) is 5.75 Å². The number of halogens is 1. The molecular formula is C29H30FN3O6. The minimum atomic E-state index is -1.27. The highest BCUT2D eigenvalue weighted by molar-refractivity contribution is 6.10. The summed E-state index contributed by atoms with van der Waals surface area (Å²) in [5, 5.41) is 23.6. The van der Waals surface area contributed by atoms with Crippen molar-refractivity contribution in [3.63, 3.8) is 0 Å². The van der Waals surface area contributed by atoms with Crippen LogP contribution in [0.4, 0.5) is 14.9 Å². The Bertz CT molecular complexity index is 1330. The van der Waals surface area contributed by atoms with Gasteiger partial charge in [-0.25, -0.2) is 14.1 Å². The first kappa shape index (κ1) is 27.7. The Morgan fingerprint density at radius 2 is 1.79 bits per heavy atom. The molecule has 204 valence electrons. The molecule has 0 spiro atoms. The van der Waals surface area contributed by atoms with Gasteiger partial charge >= 0.3 is 6.03 Å². The molecule has 10 heteroatoms. The number of nitrogens with zero attached hydrogens (tertiary/aromatic N) is 1. The number of rotatable bonds is 10. The van der Waals surface area contributed by atoms with Gasteiger partial charge in [-0.15, -0.1) is 0 Å².